The van der Waals surface area contributed by atoms with Gasteiger partial charge in [0.15, 0.2) is 5.13 Å². The maximum Gasteiger partial charge on any atom is 0.225 e. The lowest BCUT2D eigenvalue weighted by Crippen LogP contribution is -2.28. The van der Waals surface area contributed by atoms with Crippen molar-refractivity contribution in [1.29, 1.82) is 0 Å². The number of anilines is 1. The minimum Gasteiger partial charge on any atom is -0.311 e. The normalized spacial score (nSPS) is 19.1. The van der Waals surface area contributed by atoms with Gasteiger partial charge in [0.2, 0.25) is 5.91 Å². The van der Waals surface area contributed by atoms with E-state index in [1.165, 1.54) is 19.5 Å². The van der Waals surface area contributed by atoms with Crippen LogP contribution in [0.3, 0.4) is 0 Å². The molecule has 0 aliphatic carbocycles. The molecule has 1 atom stereocenters. The summed E-state index contributed by atoms with van der Waals surface area (Å²) in [6.07, 6.45) is 1.29. The number of amides is 1. The minimum atomic E-state index is 0.0528. The molecule has 1 aliphatic heterocycles. The summed E-state index contributed by atoms with van der Waals surface area (Å²) in [7, 11) is 0. The van der Waals surface area contributed by atoms with Gasteiger partial charge in [-0.2, -0.15) is 0 Å². The van der Waals surface area contributed by atoms with Gasteiger partial charge in [0.25, 0.3) is 0 Å². The quantitative estimate of drug-likeness (QED) is 0.836. The van der Waals surface area contributed by atoms with Gasteiger partial charge in [-0.1, -0.05) is 6.92 Å². The van der Waals surface area contributed by atoms with Gasteiger partial charge in [0.1, 0.15) is 0 Å². The first-order valence-electron chi connectivity index (χ1n) is 7.79. The van der Waals surface area contributed by atoms with Gasteiger partial charge in [-0.05, 0) is 38.9 Å². The third-order valence-corrected chi connectivity index (χ3v) is 4.94. The van der Waals surface area contributed by atoms with E-state index in [1.54, 1.807) is 23.2 Å². The van der Waals surface area contributed by atoms with Crippen LogP contribution in [0.5, 0.6) is 0 Å². The highest BCUT2D eigenvalue weighted by atomic mass is 32.1. The third-order valence-electron chi connectivity index (χ3n) is 4.02. The molecular formula is C15H26N4OS. The van der Waals surface area contributed by atoms with Crippen LogP contribution in [0.1, 0.15) is 32.9 Å². The van der Waals surface area contributed by atoms with E-state index in [-0.39, 0.29) is 5.91 Å². The van der Waals surface area contributed by atoms with E-state index in [0.29, 0.717) is 6.54 Å². The zero-order chi connectivity index (χ0) is 15.2. The van der Waals surface area contributed by atoms with Crippen LogP contribution in [-0.4, -0.2) is 48.5 Å². The number of carbonyl (C=O) groups excluding carboxylic acids is 1. The molecule has 2 heterocycles. The highest BCUT2D eigenvalue weighted by Gasteiger charge is 2.20. The average Bonchev–Trinajstić information content (AvgIpc) is 3.09. The van der Waals surface area contributed by atoms with E-state index in [2.05, 4.69) is 22.1 Å². The Morgan fingerprint density at radius 1 is 1.57 bits per heavy atom. The Hall–Kier alpha value is -0.980. The van der Waals surface area contributed by atoms with E-state index in [9.17, 15) is 4.79 Å². The molecule has 1 amide bonds. The summed E-state index contributed by atoms with van der Waals surface area (Å²) in [5.41, 5.74) is 1.03. The lowest BCUT2D eigenvalue weighted by molar-refractivity contribution is -0.116. The maximum atomic E-state index is 11.5. The topological polar surface area (TPSA) is 48.5 Å². The van der Waals surface area contributed by atoms with Crippen molar-refractivity contribution in [3.8, 4) is 0 Å². The second kappa shape index (κ2) is 7.87. The zero-order valence-electron chi connectivity index (χ0n) is 13.3. The Labute approximate surface area is 131 Å². The lowest BCUT2D eigenvalue weighted by atomic mass is 10.1. The first-order chi connectivity index (χ1) is 10.1. The van der Waals surface area contributed by atoms with E-state index >= 15 is 0 Å². The monoisotopic (exact) mass is 310 g/mol. The minimum absolute atomic E-state index is 0.0528. The van der Waals surface area contributed by atoms with Crippen LogP contribution < -0.4 is 10.2 Å². The number of nitrogens with one attached hydrogen (secondary N) is 1. The van der Waals surface area contributed by atoms with Crippen LogP contribution in [0, 0.1) is 5.92 Å². The van der Waals surface area contributed by atoms with Crippen LogP contribution in [-0.2, 0) is 11.3 Å². The van der Waals surface area contributed by atoms with Crippen molar-refractivity contribution >= 4 is 22.4 Å². The number of aromatic nitrogens is 1. The van der Waals surface area contributed by atoms with Gasteiger partial charge in [-0.25, -0.2) is 4.98 Å². The van der Waals surface area contributed by atoms with Crippen molar-refractivity contribution in [2.24, 2.45) is 5.92 Å². The molecule has 0 saturated carbocycles. The summed E-state index contributed by atoms with van der Waals surface area (Å²) in [6, 6.07) is 0. The molecule has 0 radical (unpaired) electrons. The van der Waals surface area contributed by atoms with Crippen molar-refractivity contribution in [3.63, 3.8) is 0 Å². The summed E-state index contributed by atoms with van der Waals surface area (Å²) in [6.45, 7) is 11.9. The molecule has 1 N–H and O–H groups in total. The number of carbonyl (C=O) groups is 1. The Bertz CT molecular complexity index is 462. The molecule has 2 rings (SSSR count). The third kappa shape index (κ3) is 4.49. The van der Waals surface area contributed by atoms with Crippen molar-refractivity contribution in [2.75, 3.05) is 37.6 Å². The van der Waals surface area contributed by atoms with Crippen molar-refractivity contribution in [1.82, 2.24) is 15.2 Å². The molecule has 0 spiro atoms. The van der Waals surface area contributed by atoms with E-state index in [0.717, 1.165) is 36.4 Å². The number of likely N-dealkylation sites (tertiary alicyclic amines) is 1. The summed E-state index contributed by atoms with van der Waals surface area (Å²) in [5.74, 6) is 0.810. The van der Waals surface area contributed by atoms with Gasteiger partial charge in [-0.3, -0.25) is 9.69 Å². The van der Waals surface area contributed by atoms with Crippen molar-refractivity contribution in [2.45, 2.75) is 33.7 Å². The van der Waals surface area contributed by atoms with Crippen LogP contribution in [0.15, 0.2) is 5.38 Å². The lowest BCUT2D eigenvalue weighted by Gasteiger charge is -2.14. The molecule has 0 bridgehead atoms. The molecule has 1 aromatic heterocycles. The number of hydrogen-bond acceptors (Lipinski definition) is 5. The van der Waals surface area contributed by atoms with Gasteiger partial charge in [0.05, 0.1) is 5.69 Å². The summed E-state index contributed by atoms with van der Waals surface area (Å²) in [5, 5.41) is 6.35. The predicted octanol–water partition coefficient (Wildman–Crippen LogP) is 1.95. The van der Waals surface area contributed by atoms with Crippen LogP contribution >= 0.6 is 11.3 Å². The zero-order valence-corrected chi connectivity index (χ0v) is 14.1. The fourth-order valence-corrected chi connectivity index (χ4v) is 3.70. The SMILES string of the molecule is CCN1CCC(CNCc2csc(N(CC)C(C)=O)n2)C1. The molecule has 5 nitrogen and oxygen atoms in total. The van der Waals surface area contributed by atoms with Gasteiger partial charge < -0.3 is 10.2 Å². The highest BCUT2D eigenvalue weighted by molar-refractivity contribution is 7.14. The molecule has 118 valence electrons. The predicted molar refractivity (Wildman–Crippen MR) is 87.7 cm³/mol. The molecule has 1 saturated heterocycles. The second-order valence-corrected chi connectivity index (χ2v) is 6.40. The molecule has 1 unspecified atom stereocenters. The van der Waals surface area contributed by atoms with Crippen LogP contribution in [0.4, 0.5) is 5.13 Å². The molecule has 1 aliphatic rings. The number of hydrogen-bond donors (Lipinski definition) is 1. The van der Waals surface area contributed by atoms with Gasteiger partial charge in [-0.15, -0.1) is 11.3 Å². The number of rotatable bonds is 7. The maximum absolute atomic E-state index is 11.5. The molecule has 0 aromatic carbocycles. The molecule has 21 heavy (non-hydrogen) atoms. The Morgan fingerprint density at radius 2 is 2.38 bits per heavy atom. The highest BCUT2D eigenvalue weighted by Crippen LogP contribution is 2.20. The smallest absolute Gasteiger partial charge is 0.225 e. The fraction of sp³-hybridized carbons (Fsp3) is 0.733. The van der Waals surface area contributed by atoms with Gasteiger partial charge >= 0.3 is 0 Å². The molecular weight excluding hydrogens is 284 g/mol. The fourth-order valence-electron chi connectivity index (χ4n) is 2.77. The van der Waals surface area contributed by atoms with E-state index in [1.807, 2.05) is 12.3 Å². The molecule has 6 heteroatoms. The molecule has 1 aromatic rings. The Balaban J connectivity index is 1.77. The molecule has 1 fully saturated rings. The van der Waals surface area contributed by atoms with Crippen molar-refractivity contribution in [3.05, 3.63) is 11.1 Å². The first-order valence-corrected chi connectivity index (χ1v) is 8.67. The van der Waals surface area contributed by atoms with E-state index in [4.69, 9.17) is 0 Å². The van der Waals surface area contributed by atoms with Crippen LogP contribution in [0.25, 0.3) is 0 Å². The summed E-state index contributed by atoms with van der Waals surface area (Å²) in [4.78, 5) is 20.3. The Morgan fingerprint density at radius 3 is 3.00 bits per heavy atom. The average molecular weight is 310 g/mol. The first kappa shape index (κ1) is 16.4. The van der Waals surface area contributed by atoms with Crippen LogP contribution in [0.2, 0.25) is 0 Å². The van der Waals surface area contributed by atoms with Gasteiger partial charge in [0, 0.05) is 31.9 Å². The number of thiazole rings is 1. The summed E-state index contributed by atoms with van der Waals surface area (Å²) >= 11 is 1.54. The van der Waals surface area contributed by atoms with Crippen molar-refractivity contribution < 1.29 is 4.79 Å². The Kier molecular flexibility index (Phi) is 6.14. The number of nitrogens with zero attached hydrogens (tertiary/aromatic N) is 3. The standard InChI is InChI=1S/C15H26N4OS/c1-4-18-7-6-13(10-18)8-16-9-14-11-21-15(17-14)19(5-2)12(3)20/h11,13,16H,4-10H2,1-3H3. The largest absolute Gasteiger partial charge is 0.311 e. The second-order valence-electron chi connectivity index (χ2n) is 5.56. The van der Waals surface area contributed by atoms with E-state index < -0.39 is 0 Å². The summed E-state index contributed by atoms with van der Waals surface area (Å²) < 4.78 is 0.